The fourth-order valence-corrected chi connectivity index (χ4v) is 3.61. The van der Waals surface area contributed by atoms with Crippen LogP contribution in [0.2, 0.25) is 0 Å². The van der Waals surface area contributed by atoms with Gasteiger partial charge in [-0.05, 0) is 53.0 Å². The number of piperidine rings is 1. The van der Waals surface area contributed by atoms with Crippen molar-refractivity contribution in [3.05, 3.63) is 0 Å². The van der Waals surface area contributed by atoms with Crippen LogP contribution in [0.4, 0.5) is 0 Å². The Labute approximate surface area is 134 Å². The fourth-order valence-electron chi connectivity index (χ4n) is 3.14. The molecular formula is C14H30N4O3S. The van der Waals surface area contributed by atoms with Crippen LogP contribution >= 0.6 is 0 Å². The van der Waals surface area contributed by atoms with Gasteiger partial charge in [0.15, 0.2) is 0 Å². The summed E-state index contributed by atoms with van der Waals surface area (Å²) in [6.07, 6.45) is 1.92. The highest BCUT2D eigenvalue weighted by Gasteiger charge is 2.26. The highest BCUT2D eigenvalue weighted by Crippen LogP contribution is 2.16. The van der Waals surface area contributed by atoms with Gasteiger partial charge in [-0.1, -0.05) is 0 Å². The summed E-state index contributed by atoms with van der Waals surface area (Å²) in [5.74, 6) is 0.330. The summed E-state index contributed by atoms with van der Waals surface area (Å²) in [5, 5.41) is 4.96. The first-order valence-electron chi connectivity index (χ1n) is 7.91. The smallest absolute Gasteiger partial charge is 0.274 e. The molecule has 7 nitrogen and oxygen atoms in total. The number of carbonyl (C=O) groups is 1. The first-order chi connectivity index (χ1) is 10.1. The van der Waals surface area contributed by atoms with E-state index in [9.17, 15) is 13.2 Å². The average molecular weight is 334 g/mol. The van der Waals surface area contributed by atoms with Gasteiger partial charge in [0.25, 0.3) is 10.2 Å². The van der Waals surface area contributed by atoms with E-state index in [2.05, 4.69) is 9.62 Å². The topological polar surface area (TPSA) is 95.7 Å². The molecule has 0 unspecified atom stereocenters. The highest BCUT2D eigenvalue weighted by atomic mass is 32.2. The monoisotopic (exact) mass is 334 g/mol. The van der Waals surface area contributed by atoms with E-state index in [-0.39, 0.29) is 23.9 Å². The summed E-state index contributed by atoms with van der Waals surface area (Å²) in [6.45, 7) is 10.4. The Morgan fingerprint density at radius 2 is 1.91 bits per heavy atom. The van der Waals surface area contributed by atoms with Crippen LogP contribution in [-0.4, -0.2) is 62.4 Å². The summed E-state index contributed by atoms with van der Waals surface area (Å²) in [4.78, 5) is 16.5. The van der Waals surface area contributed by atoms with Crippen LogP contribution < -0.4 is 9.86 Å². The molecule has 1 heterocycles. The molecule has 0 saturated carbocycles. The average Bonchev–Trinajstić information content (AvgIpc) is 2.35. The fraction of sp³-hybridized carbons (Fsp3) is 0.929. The molecule has 0 aliphatic carbocycles. The number of nitrogens with two attached hydrogens (primary N) is 1. The highest BCUT2D eigenvalue weighted by molar-refractivity contribution is 7.87. The molecular weight excluding hydrogens is 304 g/mol. The molecule has 0 aromatic heterocycles. The summed E-state index contributed by atoms with van der Waals surface area (Å²) in [6, 6.07) is 0.356. The molecule has 0 radical (unpaired) electrons. The van der Waals surface area contributed by atoms with Crippen LogP contribution in [0.3, 0.4) is 0 Å². The van der Waals surface area contributed by atoms with Gasteiger partial charge in [0, 0.05) is 25.2 Å². The number of rotatable bonds is 7. The van der Waals surface area contributed by atoms with Gasteiger partial charge in [0.05, 0.1) is 6.54 Å². The lowest BCUT2D eigenvalue weighted by atomic mass is 9.98. The number of likely N-dealkylation sites (tertiary alicyclic amines) is 1. The van der Waals surface area contributed by atoms with Gasteiger partial charge < -0.3 is 4.90 Å². The Morgan fingerprint density at radius 3 is 2.41 bits per heavy atom. The maximum Gasteiger partial charge on any atom is 0.274 e. The Morgan fingerprint density at radius 1 is 1.32 bits per heavy atom. The van der Waals surface area contributed by atoms with Crippen molar-refractivity contribution in [2.24, 2.45) is 11.1 Å². The lowest BCUT2D eigenvalue weighted by Gasteiger charge is -2.36. The van der Waals surface area contributed by atoms with Crippen LogP contribution in [0.15, 0.2) is 0 Å². The van der Waals surface area contributed by atoms with Gasteiger partial charge in [0.2, 0.25) is 5.91 Å². The molecule has 0 bridgehead atoms. The zero-order valence-corrected chi connectivity index (χ0v) is 14.9. The lowest BCUT2D eigenvalue weighted by Crippen LogP contribution is -2.50. The third-order valence-corrected chi connectivity index (χ3v) is 4.50. The molecule has 1 aliphatic rings. The van der Waals surface area contributed by atoms with Gasteiger partial charge in [-0.2, -0.15) is 8.42 Å². The molecule has 130 valence electrons. The normalized spacial score (nSPS) is 20.6. The third-order valence-electron chi connectivity index (χ3n) is 3.94. The second-order valence-electron chi connectivity index (χ2n) is 6.63. The van der Waals surface area contributed by atoms with E-state index in [1.807, 2.05) is 32.6 Å². The zero-order chi connectivity index (χ0) is 16.9. The molecule has 22 heavy (non-hydrogen) atoms. The number of carbonyl (C=O) groups excluding carboxylic acids is 1. The number of amides is 1. The minimum Gasteiger partial charge on any atom is -0.337 e. The van der Waals surface area contributed by atoms with Crippen LogP contribution in [0.5, 0.6) is 0 Å². The molecule has 1 saturated heterocycles. The van der Waals surface area contributed by atoms with E-state index in [1.165, 1.54) is 0 Å². The molecule has 1 atom stereocenters. The van der Waals surface area contributed by atoms with Crippen molar-refractivity contribution in [2.45, 2.75) is 52.6 Å². The Hall–Kier alpha value is -0.700. The van der Waals surface area contributed by atoms with E-state index in [0.29, 0.717) is 13.1 Å². The predicted octanol–water partition coefficient (Wildman–Crippen LogP) is 0.137. The lowest BCUT2D eigenvalue weighted by molar-refractivity contribution is -0.136. The first kappa shape index (κ1) is 19.3. The minimum atomic E-state index is -3.64. The van der Waals surface area contributed by atoms with Crippen molar-refractivity contribution in [3.63, 3.8) is 0 Å². The molecule has 8 heteroatoms. The summed E-state index contributed by atoms with van der Waals surface area (Å²) in [7, 11) is -3.64. The van der Waals surface area contributed by atoms with Gasteiger partial charge in [-0.25, -0.2) is 9.86 Å². The van der Waals surface area contributed by atoms with Crippen LogP contribution in [-0.2, 0) is 15.0 Å². The number of nitrogens with one attached hydrogen (secondary N) is 1. The molecule has 1 aliphatic heterocycles. The van der Waals surface area contributed by atoms with E-state index in [4.69, 9.17) is 5.14 Å². The quantitative estimate of drug-likeness (QED) is 0.692. The molecule has 1 amide bonds. The Kier molecular flexibility index (Phi) is 7.24. The van der Waals surface area contributed by atoms with Crippen molar-refractivity contribution in [2.75, 3.05) is 26.2 Å². The van der Waals surface area contributed by atoms with Crippen molar-refractivity contribution in [1.29, 1.82) is 0 Å². The molecule has 0 spiro atoms. The molecule has 1 rings (SSSR count). The predicted molar refractivity (Wildman–Crippen MR) is 87.4 cm³/mol. The van der Waals surface area contributed by atoms with Gasteiger partial charge in [0.1, 0.15) is 0 Å². The number of nitrogens with zero attached hydrogens (tertiary/aromatic N) is 2. The second-order valence-corrected chi connectivity index (χ2v) is 8.00. The standard InChI is InChI=1S/C14H30N4O3S/c1-11(2)18(12(3)4)14(19)10-17-7-5-6-13(9-17)8-16-22(15,20)21/h11-13,16H,5-10H2,1-4H3,(H2,15,20,21)/t13-/m1/s1. The SMILES string of the molecule is CC(C)N(C(=O)CN1CCC[C@H](CNS(N)(=O)=O)C1)C(C)C. The number of hydrogen-bond donors (Lipinski definition) is 2. The first-order valence-corrected chi connectivity index (χ1v) is 9.45. The summed E-state index contributed by atoms with van der Waals surface area (Å²) in [5.41, 5.74) is 0. The van der Waals surface area contributed by atoms with Crippen LogP contribution in [0, 0.1) is 5.92 Å². The van der Waals surface area contributed by atoms with Gasteiger partial charge in [-0.15, -0.1) is 0 Å². The maximum absolute atomic E-state index is 12.5. The zero-order valence-electron chi connectivity index (χ0n) is 14.1. The van der Waals surface area contributed by atoms with Crippen molar-refractivity contribution in [1.82, 2.24) is 14.5 Å². The van der Waals surface area contributed by atoms with E-state index < -0.39 is 10.2 Å². The second kappa shape index (κ2) is 8.24. The number of hydrogen-bond acceptors (Lipinski definition) is 4. The Balaban J connectivity index is 2.53. The van der Waals surface area contributed by atoms with Crippen molar-refractivity contribution < 1.29 is 13.2 Å². The molecule has 0 aromatic rings. The van der Waals surface area contributed by atoms with E-state index in [0.717, 1.165) is 25.9 Å². The molecule has 3 N–H and O–H groups in total. The summed E-state index contributed by atoms with van der Waals surface area (Å²) >= 11 is 0. The minimum absolute atomic E-state index is 0.130. The van der Waals surface area contributed by atoms with Crippen LogP contribution in [0.25, 0.3) is 0 Å². The molecule has 1 fully saturated rings. The van der Waals surface area contributed by atoms with Crippen molar-refractivity contribution >= 4 is 16.1 Å². The van der Waals surface area contributed by atoms with Crippen molar-refractivity contribution in [3.8, 4) is 0 Å². The van der Waals surface area contributed by atoms with E-state index in [1.54, 1.807) is 0 Å². The van der Waals surface area contributed by atoms with E-state index >= 15 is 0 Å². The van der Waals surface area contributed by atoms with Gasteiger partial charge >= 0.3 is 0 Å². The van der Waals surface area contributed by atoms with Gasteiger partial charge in [-0.3, -0.25) is 9.69 Å². The third kappa shape index (κ3) is 6.60. The van der Waals surface area contributed by atoms with Crippen LogP contribution in [0.1, 0.15) is 40.5 Å². The summed E-state index contributed by atoms with van der Waals surface area (Å²) < 4.78 is 24.3. The molecule has 0 aromatic carbocycles. The largest absolute Gasteiger partial charge is 0.337 e. The maximum atomic E-state index is 12.5. The Bertz CT molecular complexity index is 457.